The molecule has 0 fully saturated rings. The van der Waals surface area contributed by atoms with Crippen LogP contribution >= 0.6 is 31.9 Å². The highest BCUT2D eigenvalue weighted by Gasteiger charge is 2.65. The highest BCUT2D eigenvalue weighted by molar-refractivity contribution is 9.10. The summed E-state index contributed by atoms with van der Waals surface area (Å²) >= 11 is 7.08. The van der Waals surface area contributed by atoms with E-state index in [9.17, 15) is 0 Å². The van der Waals surface area contributed by atoms with Crippen molar-refractivity contribution in [2.75, 3.05) is 4.90 Å². The molecule has 4 aromatic rings. The lowest BCUT2D eigenvalue weighted by Gasteiger charge is -2.35. The number of anilines is 3. The fourth-order valence-corrected chi connectivity index (χ4v) is 6.11. The molecule has 4 aromatic carbocycles. The molecule has 0 saturated carbocycles. The molecule has 190 valence electrons. The van der Waals surface area contributed by atoms with Crippen LogP contribution in [0.3, 0.4) is 0 Å². The lowest BCUT2D eigenvalue weighted by atomic mass is 9.77. The maximum atomic E-state index is 15.5. The van der Waals surface area contributed by atoms with Gasteiger partial charge in [0, 0.05) is 26.0 Å². The van der Waals surface area contributed by atoms with E-state index in [1.165, 1.54) is 0 Å². The fraction of sp³-hybridized carbons (Fsp3) is 0.250. The minimum atomic E-state index is -2.85. The zero-order valence-electron chi connectivity index (χ0n) is 21.5. The zero-order valence-corrected chi connectivity index (χ0v) is 24.7. The van der Waals surface area contributed by atoms with Crippen LogP contribution < -0.4 is 4.90 Å². The summed E-state index contributed by atoms with van der Waals surface area (Å²) < 4.78 is 33.0. The van der Waals surface area contributed by atoms with Crippen molar-refractivity contribution in [3.05, 3.63) is 111 Å². The van der Waals surface area contributed by atoms with Crippen molar-refractivity contribution in [3.8, 4) is 11.1 Å². The molecule has 0 bridgehead atoms. The van der Waals surface area contributed by atoms with Gasteiger partial charge in [-0.3, -0.25) is 0 Å². The summed E-state index contributed by atoms with van der Waals surface area (Å²) in [4.78, 5) is 2.20. The van der Waals surface area contributed by atoms with E-state index in [0.29, 0.717) is 0 Å². The van der Waals surface area contributed by atoms with Crippen LogP contribution in [-0.2, 0) is 10.8 Å². The first-order chi connectivity index (χ1) is 17.3. The second-order valence-electron chi connectivity index (χ2n) is 10.9. The molecule has 5 heteroatoms. The van der Waals surface area contributed by atoms with Crippen LogP contribution in [-0.4, -0.2) is 5.92 Å². The molecule has 0 N–H and O–H groups in total. The molecule has 0 saturated heterocycles. The van der Waals surface area contributed by atoms with Crippen molar-refractivity contribution in [1.29, 1.82) is 0 Å². The highest BCUT2D eigenvalue weighted by Crippen LogP contribution is 2.59. The third kappa shape index (κ3) is 4.15. The van der Waals surface area contributed by atoms with Crippen molar-refractivity contribution >= 4 is 48.9 Å². The molecule has 1 nitrogen and oxygen atoms in total. The Hall–Kier alpha value is -2.50. The van der Waals surface area contributed by atoms with E-state index in [1.807, 2.05) is 42.5 Å². The Bertz CT molecular complexity index is 1430. The number of rotatable bonds is 4. The third-order valence-electron chi connectivity index (χ3n) is 7.90. The smallest absolute Gasteiger partial charge is 0.266 e. The Balaban J connectivity index is 1.66. The molecule has 0 aromatic heterocycles. The summed E-state index contributed by atoms with van der Waals surface area (Å²) in [5.74, 6) is -2.85. The first-order valence-corrected chi connectivity index (χ1v) is 13.9. The number of aryl methyl sites for hydroxylation is 1. The van der Waals surface area contributed by atoms with E-state index < -0.39 is 16.8 Å². The summed E-state index contributed by atoms with van der Waals surface area (Å²) in [5, 5.41) is 0. The summed E-state index contributed by atoms with van der Waals surface area (Å²) in [6.45, 7) is 8.70. The van der Waals surface area contributed by atoms with Gasteiger partial charge in [-0.15, -0.1) is 0 Å². The van der Waals surface area contributed by atoms with Crippen molar-refractivity contribution < 1.29 is 8.78 Å². The van der Waals surface area contributed by atoms with Gasteiger partial charge in [0.05, 0.1) is 10.8 Å². The zero-order chi connectivity index (χ0) is 26.8. The standard InChI is InChI=1S/C32H29Br2F2N/c1-20-6-12-26(37(24-13-8-22(33)9-14-24)25-15-10-23(34)11-16-25)19-27(20)21-7-17-28-29(18-21)31(4,5)32(35,36)30(28,2)3/h6-19H,1-5H3. The third-order valence-corrected chi connectivity index (χ3v) is 8.95. The number of alkyl halides is 2. The topological polar surface area (TPSA) is 3.24 Å². The second-order valence-corrected chi connectivity index (χ2v) is 12.7. The highest BCUT2D eigenvalue weighted by atomic mass is 79.9. The van der Waals surface area contributed by atoms with Crippen molar-refractivity contribution in [3.63, 3.8) is 0 Å². The van der Waals surface area contributed by atoms with E-state index >= 15 is 8.78 Å². The molecule has 0 spiro atoms. The lowest BCUT2D eigenvalue weighted by molar-refractivity contribution is -0.105. The van der Waals surface area contributed by atoms with Crippen LogP contribution in [0, 0.1) is 6.92 Å². The predicted molar refractivity (Wildman–Crippen MR) is 158 cm³/mol. The van der Waals surface area contributed by atoms with Crippen LogP contribution in [0.2, 0.25) is 0 Å². The normalized spacial score (nSPS) is 16.9. The SMILES string of the molecule is Cc1ccc(N(c2ccc(Br)cc2)c2ccc(Br)cc2)cc1-c1ccc2c(c1)C(C)(C)C(F)(F)C2(C)C. The molecule has 0 heterocycles. The minimum Gasteiger partial charge on any atom is -0.310 e. The summed E-state index contributed by atoms with van der Waals surface area (Å²) in [6, 6.07) is 28.7. The number of nitrogens with zero attached hydrogens (tertiary/aromatic N) is 1. The molecule has 1 aliphatic carbocycles. The van der Waals surface area contributed by atoms with E-state index in [2.05, 4.69) is 86.1 Å². The molecule has 0 radical (unpaired) electrons. The van der Waals surface area contributed by atoms with Gasteiger partial charge >= 0.3 is 0 Å². The molecule has 0 unspecified atom stereocenters. The minimum absolute atomic E-state index is 0.725. The predicted octanol–water partition coefficient (Wildman–Crippen LogP) is 10.9. The number of hydrogen-bond donors (Lipinski definition) is 0. The Morgan fingerprint density at radius 3 is 1.62 bits per heavy atom. The van der Waals surface area contributed by atoms with Gasteiger partial charge in [0.25, 0.3) is 5.92 Å². The molecule has 5 rings (SSSR count). The molecule has 0 amide bonds. The van der Waals surface area contributed by atoms with Gasteiger partial charge in [-0.05, 0) is 123 Å². The van der Waals surface area contributed by atoms with Crippen LogP contribution in [0.15, 0.2) is 93.9 Å². The Labute approximate surface area is 234 Å². The fourth-order valence-electron chi connectivity index (χ4n) is 5.58. The quantitative estimate of drug-likeness (QED) is 0.218. The number of benzene rings is 4. The van der Waals surface area contributed by atoms with Crippen molar-refractivity contribution in [2.24, 2.45) is 0 Å². The van der Waals surface area contributed by atoms with Gasteiger partial charge in [0.1, 0.15) is 0 Å². The number of halogens is 4. The summed E-state index contributed by atoms with van der Waals surface area (Å²) in [5.41, 5.74) is 5.10. The first-order valence-electron chi connectivity index (χ1n) is 12.3. The lowest BCUT2D eigenvalue weighted by Crippen LogP contribution is -2.46. The van der Waals surface area contributed by atoms with Crippen LogP contribution in [0.1, 0.15) is 44.4 Å². The summed E-state index contributed by atoms with van der Waals surface area (Å²) in [6.07, 6.45) is 0. The van der Waals surface area contributed by atoms with E-state index in [1.54, 1.807) is 27.7 Å². The van der Waals surface area contributed by atoms with E-state index in [-0.39, 0.29) is 0 Å². The monoisotopic (exact) mass is 623 g/mol. The van der Waals surface area contributed by atoms with Gasteiger partial charge in [-0.1, -0.05) is 56.1 Å². The van der Waals surface area contributed by atoms with Gasteiger partial charge < -0.3 is 4.90 Å². The molecule has 0 atom stereocenters. The second kappa shape index (κ2) is 9.06. The number of fused-ring (bicyclic) bond motifs is 1. The molecule has 37 heavy (non-hydrogen) atoms. The first kappa shape index (κ1) is 26.1. The van der Waals surface area contributed by atoms with E-state index in [4.69, 9.17) is 0 Å². The van der Waals surface area contributed by atoms with Crippen LogP contribution in [0.25, 0.3) is 11.1 Å². The average Bonchev–Trinajstić information content (AvgIpc) is 2.96. The average molecular weight is 625 g/mol. The van der Waals surface area contributed by atoms with Crippen molar-refractivity contribution in [2.45, 2.75) is 51.4 Å². The maximum absolute atomic E-state index is 15.5. The van der Waals surface area contributed by atoms with Crippen LogP contribution in [0.4, 0.5) is 25.8 Å². The molecule has 1 aliphatic rings. The van der Waals surface area contributed by atoms with Gasteiger partial charge in [0.15, 0.2) is 0 Å². The van der Waals surface area contributed by atoms with Gasteiger partial charge in [0.2, 0.25) is 0 Å². The van der Waals surface area contributed by atoms with Gasteiger partial charge in [-0.2, -0.15) is 0 Å². The Morgan fingerprint density at radius 1 is 0.595 bits per heavy atom. The molecular weight excluding hydrogens is 596 g/mol. The van der Waals surface area contributed by atoms with E-state index in [0.717, 1.165) is 53.8 Å². The van der Waals surface area contributed by atoms with Crippen LogP contribution in [0.5, 0.6) is 0 Å². The van der Waals surface area contributed by atoms with Gasteiger partial charge in [-0.25, -0.2) is 8.78 Å². The number of hydrogen-bond acceptors (Lipinski definition) is 1. The summed E-state index contributed by atoms with van der Waals surface area (Å²) in [7, 11) is 0. The maximum Gasteiger partial charge on any atom is 0.266 e. The van der Waals surface area contributed by atoms with Crippen molar-refractivity contribution in [1.82, 2.24) is 0 Å². The Kier molecular flexibility index (Phi) is 6.39. The Morgan fingerprint density at radius 2 is 1.08 bits per heavy atom. The molecule has 0 aliphatic heterocycles. The molecular formula is C32H29Br2F2N. The largest absolute Gasteiger partial charge is 0.310 e.